The van der Waals surface area contributed by atoms with Crippen molar-refractivity contribution in [1.29, 1.82) is 0 Å². The molecule has 0 heterocycles. The summed E-state index contributed by atoms with van der Waals surface area (Å²) in [5.74, 6) is 0.765. The van der Waals surface area contributed by atoms with Gasteiger partial charge in [-0.1, -0.05) is 20.3 Å². The third-order valence-electron chi connectivity index (χ3n) is 4.53. The number of carbonyl (C=O) groups excluding carboxylic acids is 1. The molecule has 112 valence electrons. The number of amides is 2. The number of likely N-dealkylation sites (N-methyl/N-ethyl adjacent to an activating group) is 1. The van der Waals surface area contributed by atoms with Crippen LogP contribution in [0.25, 0.3) is 0 Å². The molecular weight excluding hydrogens is 238 g/mol. The quantitative estimate of drug-likeness (QED) is 0.728. The predicted octanol–water partition coefficient (Wildman–Crippen LogP) is 2.73. The second-order valence-corrected chi connectivity index (χ2v) is 5.94. The maximum absolute atomic E-state index is 12.4. The SMILES string of the molecule is CCCCNC(=O)N(CC)C1(CN)CCC(C)CC1. The molecule has 0 aliphatic heterocycles. The number of rotatable bonds is 6. The van der Waals surface area contributed by atoms with Crippen LogP contribution in [0.1, 0.15) is 59.3 Å². The fraction of sp³-hybridized carbons (Fsp3) is 0.933. The smallest absolute Gasteiger partial charge is 0.317 e. The summed E-state index contributed by atoms with van der Waals surface area (Å²) < 4.78 is 0. The lowest BCUT2D eigenvalue weighted by molar-refractivity contribution is 0.0750. The molecule has 0 atom stereocenters. The van der Waals surface area contributed by atoms with Gasteiger partial charge in [0.2, 0.25) is 0 Å². The zero-order valence-electron chi connectivity index (χ0n) is 12.9. The number of hydrogen-bond acceptors (Lipinski definition) is 2. The van der Waals surface area contributed by atoms with E-state index in [0.29, 0.717) is 6.54 Å². The Bertz CT molecular complexity index is 273. The maximum atomic E-state index is 12.4. The number of unbranched alkanes of at least 4 members (excludes halogenated alkanes) is 1. The van der Waals surface area contributed by atoms with E-state index in [4.69, 9.17) is 5.73 Å². The van der Waals surface area contributed by atoms with Crippen molar-refractivity contribution in [3.05, 3.63) is 0 Å². The van der Waals surface area contributed by atoms with Crippen LogP contribution in [0.3, 0.4) is 0 Å². The second kappa shape index (κ2) is 7.73. The van der Waals surface area contributed by atoms with Gasteiger partial charge < -0.3 is 16.0 Å². The largest absolute Gasteiger partial charge is 0.338 e. The van der Waals surface area contributed by atoms with Crippen LogP contribution < -0.4 is 11.1 Å². The van der Waals surface area contributed by atoms with Crippen molar-refractivity contribution in [2.45, 2.75) is 64.8 Å². The van der Waals surface area contributed by atoms with Crippen molar-refractivity contribution in [1.82, 2.24) is 10.2 Å². The molecule has 0 unspecified atom stereocenters. The van der Waals surface area contributed by atoms with Gasteiger partial charge in [-0.2, -0.15) is 0 Å². The average molecular weight is 269 g/mol. The predicted molar refractivity (Wildman–Crippen MR) is 80.1 cm³/mol. The lowest BCUT2D eigenvalue weighted by atomic mass is 9.76. The Balaban J connectivity index is 2.66. The monoisotopic (exact) mass is 269 g/mol. The van der Waals surface area contributed by atoms with E-state index in [9.17, 15) is 4.79 Å². The molecule has 19 heavy (non-hydrogen) atoms. The first-order chi connectivity index (χ1) is 9.09. The standard InChI is InChI=1S/C15H31N3O/c1-4-6-11-17-14(19)18(5-2)15(12-16)9-7-13(3)8-10-15/h13H,4-12,16H2,1-3H3,(H,17,19). The van der Waals surface area contributed by atoms with Gasteiger partial charge in [-0.25, -0.2) is 4.79 Å². The van der Waals surface area contributed by atoms with E-state index in [1.165, 1.54) is 12.8 Å². The fourth-order valence-corrected chi connectivity index (χ4v) is 3.05. The molecule has 4 heteroatoms. The minimum Gasteiger partial charge on any atom is -0.338 e. The van der Waals surface area contributed by atoms with Gasteiger partial charge in [-0.3, -0.25) is 0 Å². The molecule has 1 aliphatic carbocycles. The summed E-state index contributed by atoms with van der Waals surface area (Å²) >= 11 is 0. The van der Waals surface area contributed by atoms with Crippen molar-refractivity contribution >= 4 is 6.03 Å². The van der Waals surface area contributed by atoms with Crippen LogP contribution in [0, 0.1) is 5.92 Å². The molecule has 3 N–H and O–H groups in total. The third kappa shape index (κ3) is 4.10. The highest BCUT2D eigenvalue weighted by molar-refractivity contribution is 5.75. The zero-order chi connectivity index (χ0) is 14.3. The number of nitrogens with one attached hydrogen (secondary N) is 1. The summed E-state index contributed by atoms with van der Waals surface area (Å²) in [4.78, 5) is 14.3. The summed E-state index contributed by atoms with van der Waals surface area (Å²) in [5.41, 5.74) is 5.92. The van der Waals surface area contributed by atoms with Crippen molar-refractivity contribution in [2.75, 3.05) is 19.6 Å². The average Bonchev–Trinajstić information content (AvgIpc) is 2.42. The molecule has 1 rings (SSSR count). The molecule has 0 aromatic heterocycles. The van der Waals surface area contributed by atoms with Gasteiger partial charge in [-0.05, 0) is 44.9 Å². The maximum Gasteiger partial charge on any atom is 0.317 e. The second-order valence-electron chi connectivity index (χ2n) is 5.94. The highest BCUT2D eigenvalue weighted by Gasteiger charge is 2.40. The van der Waals surface area contributed by atoms with Crippen molar-refractivity contribution in [3.63, 3.8) is 0 Å². The molecule has 4 nitrogen and oxygen atoms in total. The highest BCUT2D eigenvalue weighted by atomic mass is 16.2. The number of carbonyl (C=O) groups is 1. The Morgan fingerprint density at radius 3 is 2.47 bits per heavy atom. The summed E-state index contributed by atoms with van der Waals surface area (Å²) in [6.07, 6.45) is 6.58. The van der Waals surface area contributed by atoms with Crippen LogP contribution >= 0.6 is 0 Å². The molecule has 1 saturated carbocycles. The van der Waals surface area contributed by atoms with Gasteiger partial charge in [0, 0.05) is 19.6 Å². The van der Waals surface area contributed by atoms with Crippen LogP contribution in [0.5, 0.6) is 0 Å². The first kappa shape index (κ1) is 16.3. The highest BCUT2D eigenvalue weighted by Crippen LogP contribution is 2.35. The number of nitrogens with zero attached hydrogens (tertiary/aromatic N) is 1. The molecular formula is C15H31N3O. The lowest BCUT2D eigenvalue weighted by Gasteiger charge is -2.46. The van der Waals surface area contributed by atoms with E-state index in [1.807, 2.05) is 4.90 Å². The summed E-state index contributed by atoms with van der Waals surface area (Å²) in [6.45, 7) is 8.56. The van der Waals surface area contributed by atoms with Gasteiger partial charge in [0.05, 0.1) is 5.54 Å². The molecule has 0 spiro atoms. The summed E-state index contributed by atoms with van der Waals surface area (Å²) in [5, 5.41) is 3.03. The molecule has 0 saturated heterocycles. The first-order valence-electron chi connectivity index (χ1n) is 7.85. The molecule has 1 fully saturated rings. The van der Waals surface area contributed by atoms with Gasteiger partial charge >= 0.3 is 6.03 Å². The Hall–Kier alpha value is -0.770. The van der Waals surface area contributed by atoms with Crippen LogP contribution in [-0.2, 0) is 0 Å². The summed E-state index contributed by atoms with van der Waals surface area (Å²) in [6, 6.07) is 0.0657. The van der Waals surface area contributed by atoms with Crippen LogP contribution in [-0.4, -0.2) is 36.1 Å². The van der Waals surface area contributed by atoms with Crippen LogP contribution in [0.15, 0.2) is 0 Å². The zero-order valence-corrected chi connectivity index (χ0v) is 12.9. The number of hydrogen-bond donors (Lipinski definition) is 2. The Kier molecular flexibility index (Phi) is 6.63. The Morgan fingerprint density at radius 1 is 1.37 bits per heavy atom. The van der Waals surface area contributed by atoms with E-state index in [1.54, 1.807) is 0 Å². The third-order valence-corrected chi connectivity index (χ3v) is 4.53. The van der Waals surface area contributed by atoms with E-state index in [2.05, 4.69) is 26.1 Å². The minimum absolute atomic E-state index is 0.0657. The lowest BCUT2D eigenvalue weighted by Crippen LogP contribution is -2.60. The van der Waals surface area contributed by atoms with Crippen molar-refractivity contribution in [2.24, 2.45) is 11.7 Å². The van der Waals surface area contributed by atoms with Crippen molar-refractivity contribution < 1.29 is 4.79 Å². The number of nitrogens with two attached hydrogens (primary N) is 1. The molecule has 1 aliphatic rings. The molecule has 0 aromatic carbocycles. The van der Waals surface area contributed by atoms with E-state index >= 15 is 0 Å². The van der Waals surface area contributed by atoms with Crippen LogP contribution in [0.2, 0.25) is 0 Å². The Labute approximate surface area is 118 Å². The molecule has 2 amide bonds. The van der Waals surface area contributed by atoms with Gasteiger partial charge in [0.25, 0.3) is 0 Å². The van der Waals surface area contributed by atoms with Gasteiger partial charge in [-0.15, -0.1) is 0 Å². The first-order valence-corrected chi connectivity index (χ1v) is 7.85. The molecule has 0 radical (unpaired) electrons. The Morgan fingerprint density at radius 2 is 2.00 bits per heavy atom. The van der Waals surface area contributed by atoms with Crippen LogP contribution in [0.4, 0.5) is 4.79 Å². The minimum atomic E-state index is -0.114. The van der Waals surface area contributed by atoms with E-state index in [-0.39, 0.29) is 11.6 Å². The van der Waals surface area contributed by atoms with Gasteiger partial charge in [0.15, 0.2) is 0 Å². The van der Waals surface area contributed by atoms with E-state index in [0.717, 1.165) is 44.7 Å². The fourth-order valence-electron chi connectivity index (χ4n) is 3.05. The van der Waals surface area contributed by atoms with Crippen molar-refractivity contribution in [3.8, 4) is 0 Å². The topological polar surface area (TPSA) is 58.4 Å². The molecule has 0 bridgehead atoms. The molecule has 0 aromatic rings. The van der Waals surface area contributed by atoms with E-state index < -0.39 is 0 Å². The normalized spacial score (nSPS) is 27.1. The van der Waals surface area contributed by atoms with Gasteiger partial charge in [0.1, 0.15) is 0 Å². The number of urea groups is 1. The summed E-state index contributed by atoms with van der Waals surface area (Å²) in [7, 11) is 0.